The molecule has 0 aliphatic heterocycles. The smallest absolute Gasteiger partial charge is 0.340 e. The van der Waals surface area contributed by atoms with Crippen LogP contribution in [0.15, 0.2) is 53.9 Å². The molecule has 2 aromatic carbocycles. The lowest BCUT2D eigenvalue weighted by Crippen LogP contribution is -2.17. The zero-order valence-electron chi connectivity index (χ0n) is 18.1. The maximum absolute atomic E-state index is 12.8. The van der Waals surface area contributed by atoms with Crippen molar-refractivity contribution in [3.8, 4) is 11.5 Å². The Morgan fingerprint density at radius 3 is 2.36 bits per heavy atom. The van der Waals surface area contributed by atoms with Gasteiger partial charge < -0.3 is 19.5 Å². The van der Waals surface area contributed by atoms with E-state index in [2.05, 4.69) is 5.32 Å². The van der Waals surface area contributed by atoms with E-state index in [1.54, 1.807) is 30.3 Å². The summed E-state index contributed by atoms with van der Waals surface area (Å²) >= 11 is 7.49. The highest BCUT2D eigenvalue weighted by Crippen LogP contribution is 2.34. The molecule has 7 nitrogen and oxygen atoms in total. The number of amides is 1. The number of ether oxygens (including phenoxy) is 3. The molecule has 1 aromatic heterocycles. The van der Waals surface area contributed by atoms with Gasteiger partial charge in [0.2, 0.25) is 0 Å². The van der Waals surface area contributed by atoms with Crippen LogP contribution in [0.25, 0.3) is 0 Å². The molecule has 33 heavy (non-hydrogen) atoms. The molecule has 1 amide bonds. The van der Waals surface area contributed by atoms with Gasteiger partial charge in [0.15, 0.2) is 17.3 Å². The fraction of sp³-hybridized carbons (Fsp3) is 0.208. The van der Waals surface area contributed by atoms with Gasteiger partial charge >= 0.3 is 5.97 Å². The predicted molar refractivity (Wildman–Crippen MR) is 127 cm³/mol. The molecule has 9 heteroatoms. The number of hydrogen-bond acceptors (Lipinski definition) is 7. The maximum Gasteiger partial charge on any atom is 0.340 e. The Morgan fingerprint density at radius 2 is 1.70 bits per heavy atom. The lowest BCUT2D eigenvalue weighted by molar-refractivity contribution is 0.0495. The van der Waals surface area contributed by atoms with Gasteiger partial charge in [0.1, 0.15) is 0 Å². The molecule has 0 aliphatic carbocycles. The Kier molecular flexibility index (Phi) is 8.46. The third kappa shape index (κ3) is 6.12. The molecule has 3 rings (SSSR count). The van der Waals surface area contributed by atoms with Gasteiger partial charge in [-0.15, -0.1) is 11.3 Å². The standard InChI is InChI=1S/C24H22ClNO6S/c1-30-20-13-16(24(29)32-11-5-9-19(27)22-10-6-12-33-22)18(14-21(20)31-2)26-23(28)15-7-3-4-8-17(15)25/h3-4,6-8,10,12-14H,5,9,11H2,1-2H3,(H,26,28). The summed E-state index contributed by atoms with van der Waals surface area (Å²) in [7, 11) is 2.88. The van der Waals surface area contributed by atoms with Crippen molar-refractivity contribution in [2.45, 2.75) is 12.8 Å². The summed E-state index contributed by atoms with van der Waals surface area (Å²) in [6.07, 6.45) is 0.632. The van der Waals surface area contributed by atoms with E-state index in [0.29, 0.717) is 22.8 Å². The second kappa shape index (κ2) is 11.5. The van der Waals surface area contributed by atoms with E-state index in [1.165, 1.54) is 37.7 Å². The fourth-order valence-electron chi connectivity index (χ4n) is 3.02. The molecule has 0 atom stereocenters. The van der Waals surface area contributed by atoms with Gasteiger partial charge in [0.05, 0.1) is 47.5 Å². The summed E-state index contributed by atoms with van der Waals surface area (Å²) in [6, 6.07) is 13.0. The molecule has 0 fully saturated rings. The van der Waals surface area contributed by atoms with Gasteiger partial charge in [-0.2, -0.15) is 0 Å². The van der Waals surface area contributed by atoms with Crippen LogP contribution >= 0.6 is 22.9 Å². The lowest BCUT2D eigenvalue weighted by Gasteiger charge is -2.15. The van der Waals surface area contributed by atoms with Gasteiger partial charge in [-0.25, -0.2) is 4.79 Å². The Labute approximate surface area is 200 Å². The van der Waals surface area contributed by atoms with Crippen molar-refractivity contribution >= 4 is 46.3 Å². The highest BCUT2D eigenvalue weighted by Gasteiger charge is 2.21. The summed E-state index contributed by atoms with van der Waals surface area (Å²) in [5, 5.41) is 4.80. The van der Waals surface area contributed by atoms with E-state index < -0.39 is 11.9 Å². The zero-order chi connectivity index (χ0) is 23.8. The van der Waals surface area contributed by atoms with Crippen molar-refractivity contribution in [1.82, 2.24) is 0 Å². The van der Waals surface area contributed by atoms with E-state index in [-0.39, 0.29) is 40.6 Å². The molecule has 0 saturated heterocycles. The number of thiophene rings is 1. The zero-order valence-corrected chi connectivity index (χ0v) is 19.6. The number of methoxy groups -OCH3 is 2. The quantitative estimate of drug-likeness (QED) is 0.231. The minimum Gasteiger partial charge on any atom is -0.493 e. The topological polar surface area (TPSA) is 90.9 Å². The Bertz CT molecular complexity index is 1150. The monoisotopic (exact) mass is 487 g/mol. The van der Waals surface area contributed by atoms with E-state index >= 15 is 0 Å². The van der Waals surface area contributed by atoms with Crippen molar-refractivity contribution in [2.24, 2.45) is 0 Å². The predicted octanol–water partition coefficient (Wildman–Crippen LogP) is 5.49. The number of esters is 1. The second-order valence-electron chi connectivity index (χ2n) is 6.83. The van der Waals surface area contributed by atoms with Crippen LogP contribution in [0, 0.1) is 0 Å². The van der Waals surface area contributed by atoms with E-state index in [9.17, 15) is 14.4 Å². The number of halogens is 1. The minimum atomic E-state index is -0.672. The van der Waals surface area contributed by atoms with E-state index in [0.717, 1.165) is 0 Å². The number of carbonyl (C=O) groups excluding carboxylic acids is 3. The third-order valence-corrected chi connectivity index (χ3v) is 5.93. The van der Waals surface area contributed by atoms with Crippen LogP contribution in [0.5, 0.6) is 11.5 Å². The van der Waals surface area contributed by atoms with Gasteiger partial charge in [-0.1, -0.05) is 29.8 Å². The highest BCUT2D eigenvalue weighted by atomic mass is 35.5. The number of rotatable bonds is 10. The molecule has 1 heterocycles. The maximum atomic E-state index is 12.8. The molecule has 0 spiro atoms. The number of anilines is 1. The number of Topliss-reactive ketones (excluding diaryl/α,β-unsaturated/α-hetero) is 1. The van der Waals surface area contributed by atoms with Crippen molar-refractivity contribution in [1.29, 1.82) is 0 Å². The van der Waals surface area contributed by atoms with Crippen LogP contribution in [0.4, 0.5) is 5.69 Å². The lowest BCUT2D eigenvalue weighted by atomic mass is 10.1. The Balaban J connectivity index is 1.74. The number of ketones is 1. The molecule has 0 aliphatic rings. The Hall–Kier alpha value is -3.36. The van der Waals surface area contributed by atoms with Gasteiger partial charge in [0.25, 0.3) is 5.91 Å². The summed E-state index contributed by atoms with van der Waals surface area (Å²) in [5.74, 6) is -0.546. The third-order valence-electron chi connectivity index (χ3n) is 4.69. The number of nitrogens with one attached hydrogen (secondary N) is 1. The largest absolute Gasteiger partial charge is 0.493 e. The number of carbonyl (C=O) groups is 3. The van der Waals surface area contributed by atoms with Crippen LogP contribution in [0.3, 0.4) is 0 Å². The van der Waals surface area contributed by atoms with Crippen molar-refractivity contribution in [3.63, 3.8) is 0 Å². The first-order chi connectivity index (χ1) is 15.9. The molecule has 0 radical (unpaired) electrons. The summed E-state index contributed by atoms with van der Waals surface area (Å²) in [4.78, 5) is 38.3. The second-order valence-corrected chi connectivity index (χ2v) is 8.18. The van der Waals surface area contributed by atoms with E-state index in [4.69, 9.17) is 25.8 Å². The molecular weight excluding hydrogens is 466 g/mol. The van der Waals surface area contributed by atoms with E-state index in [1.807, 2.05) is 11.4 Å². The van der Waals surface area contributed by atoms with Crippen LogP contribution in [-0.2, 0) is 4.74 Å². The summed E-state index contributed by atoms with van der Waals surface area (Å²) < 4.78 is 15.9. The van der Waals surface area contributed by atoms with Crippen LogP contribution in [-0.4, -0.2) is 38.5 Å². The molecule has 1 N–H and O–H groups in total. The SMILES string of the molecule is COc1cc(NC(=O)c2ccccc2Cl)c(C(=O)OCCCC(=O)c2cccs2)cc1OC. The van der Waals surface area contributed by atoms with Gasteiger partial charge in [-0.05, 0) is 30.0 Å². The minimum absolute atomic E-state index is 0.000132. The average Bonchev–Trinajstić information content (AvgIpc) is 3.36. The first kappa shape index (κ1) is 24.3. The normalized spacial score (nSPS) is 10.4. The molecule has 0 saturated carbocycles. The summed E-state index contributed by atoms with van der Waals surface area (Å²) in [5.41, 5.74) is 0.509. The van der Waals surface area contributed by atoms with Crippen LogP contribution in [0.2, 0.25) is 5.02 Å². The van der Waals surface area contributed by atoms with Crippen molar-refractivity contribution < 1.29 is 28.6 Å². The molecular formula is C24H22ClNO6S. The van der Waals surface area contributed by atoms with Gasteiger partial charge in [-0.3, -0.25) is 9.59 Å². The number of benzene rings is 2. The Morgan fingerprint density at radius 1 is 0.970 bits per heavy atom. The average molecular weight is 488 g/mol. The highest BCUT2D eigenvalue weighted by molar-refractivity contribution is 7.12. The van der Waals surface area contributed by atoms with Gasteiger partial charge in [0, 0.05) is 18.6 Å². The van der Waals surface area contributed by atoms with Crippen LogP contribution < -0.4 is 14.8 Å². The fourth-order valence-corrected chi connectivity index (χ4v) is 3.94. The van der Waals surface area contributed by atoms with Crippen LogP contribution in [0.1, 0.15) is 43.2 Å². The molecule has 172 valence electrons. The molecule has 3 aromatic rings. The molecule has 0 unspecified atom stereocenters. The molecule has 0 bridgehead atoms. The first-order valence-electron chi connectivity index (χ1n) is 10.00. The first-order valence-corrected chi connectivity index (χ1v) is 11.3. The number of hydrogen-bond donors (Lipinski definition) is 1. The van der Waals surface area contributed by atoms with Crippen molar-refractivity contribution in [3.05, 3.63) is 74.9 Å². The summed E-state index contributed by atoms with van der Waals surface area (Å²) in [6.45, 7) is 0.0438. The van der Waals surface area contributed by atoms with Crippen molar-refractivity contribution in [2.75, 3.05) is 26.1 Å².